The molecule has 0 unspecified atom stereocenters. The molecule has 190 valence electrons. The Morgan fingerprint density at radius 2 is 1.92 bits per heavy atom. The van der Waals surface area contributed by atoms with Crippen molar-refractivity contribution in [3.8, 4) is 11.3 Å². The number of nitrogen functional groups attached to an aromatic ring is 1. The van der Waals surface area contributed by atoms with Crippen LogP contribution in [0.3, 0.4) is 0 Å². The minimum absolute atomic E-state index is 0.0588. The van der Waals surface area contributed by atoms with Gasteiger partial charge in [-0.2, -0.15) is 0 Å². The molecule has 0 saturated heterocycles. The van der Waals surface area contributed by atoms with Gasteiger partial charge in [-0.25, -0.2) is 9.97 Å². The molecule has 0 radical (unpaired) electrons. The molecule has 0 fully saturated rings. The van der Waals surface area contributed by atoms with E-state index in [4.69, 9.17) is 5.73 Å². The van der Waals surface area contributed by atoms with Gasteiger partial charge in [0.2, 0.25) is 6.41 Å². The van der Waals surface area contributed by atoms with E-state index < -0.39 is 5.91 Å². The van der Waals surface area contributed by atoms with Gasteiger partial charge in [-0.1, -0.05) is 45.0 Å². The molecule has 4 N–H and O–H groups in total. The number of rotatable bonds is 13. The molecule has 3 aromatic rings. The van der Waals surface area contributed by atoms with Crippen molar-refractivity contribution < 1.29 is 9.59 Å². The Morgan fingerprint density at radius 1 is 1.14 bits per heavy atom. The normalized spacial score (nSPS) is 10.8. The van der Waals surface area contributed by atoms with E-state index in [0.29, 0.717) is 30.3 Å². The zero-order valence-electron chi connectivity index (χ0n) is 21.2. The Labute approximate surface area is 212 Å². The first-order chi connectivity index (χ1) is 17.4. The molecule has 2 heterocycles. The molecule has 0 bridgehead atoms. The maximum atomic E-state index is 13.2. The summed E-state index contributed by atoms with van der Waals surface area (Å²) in [6.45, 7) is 8.87. The maximum absolute atomic E-state index is 13.2. The summed E-state index contributed by atoms with van der Waals surface area (Å²) in [5.41, 5.74) is 10.1. The molecule has 1 aromatic carbocycles. The number of nitrogens with two attached hydrogens (primary N) is 1. The van der Waals surface area contributed by atoms with Crippen molar-refractivity contribution in [1.29, 1.82) is 0 Å². The summed E-state index contributed by atoms with van der Waals surface area (Å²) in [6.07, 6.45) is 8.38. The number of anilines is 3. The third kappa shape index (κ3) is 7.24. The highest BCUT2D eigenvalue weighted by Gasteiger charge is 2.18. The SMILES string of the molecule is CCCN(CCC(C)C)c1ccncc1NC(=O)c1nc(-c2ccc(CCNC=O)cc2)cnc1N. The number of pyridine rings is 1. The zero-order valence-corrected chi connectivity index (χ0v) is 21.2. The lowest BCUT2D eigenvalue weighted by atomic mass is 10.1. The van der Waals surface area contributed by atoms with Crippen molar-refractivity contribution in [2.75, 3.05) is 35.6 Å². The average Bonchev–Trinajstić information content (AvgIpc) is 2.88. The summed E-state index contributed by atoms with van der Waals surface area (Å²) in [5.74, 6) is 0.195. The van der Waals surface area contributed by atoms with Gasteiger partial charge in [0.25, 0.3) is 5.91 Å². The Morgan fingerprint density at radius 3 is 2.61 bits per heavy atom. The number of amides is 2. The lowest BCUT2D eigenvalue weighted by molar-refractivity contribution is -0.109. The lowest BCUT2D eigenvalue weighted by Gasteiger charge is -2.27. The third-order valence-corrected chi connectivity index (χ3v) is 5.76. The molecule has 9 heteroatoms. The fraction of sp³-hybridized carbons (Fsp3) is 0.370. The van der Waals surface area contributed by atoms with Gasteiger partial charge in [0.15, 0.2) is 11.5 Å². The number of nitrogens with zero attached hydrogens (tertiary/aromatic N) is 4. The Hall–Kier alpha value is -4.01. The van der Waals surface area contributed by atoms with Gasteiger partial charge < -0.3 is 21.3 Å². The lowest BCUT2D eigenvalue weighted by Crippen LogP contribution is -2.28. The Bertz CT molecular complexity index is 1150. The number of hydrogen-bond acceptors (Lipinski definition) is 7. The van der Waals surface area contributed by atoms with Crippen LogP contribution in [0, 0.1) is 5.92 Å². The largest absolute Gasteiger partial charge is 0.382 e. The summed E-state index contributed by atoms with van der Waals surface area (Å²) in [6, 6.07) is 9.66. The minimum Gasteiger partial charge on any atom is -0.382 e. The van der Waals surface area contributed by atoms with Crippen LogP contribution in [0.4, 0.5) is 17.2 Å². The molecular weight excluding hydrogens is 454 g/mol. The number of carbonyl (C=O) groups excluding carboxylic acids is 2. The number of carbonyl (C=O) groups is 2. The molecule has 2 aromatic heterocycles. The summed E-state index contributed by atoms with van der Waals surface area (Å²) >= 11 is 0. The first-order valence-electron chi connectivity index (χ1n) is 12.3. The smallest absolute Gasteiger partial charge is 0.278 e. The molecule has 0 spiro atoms. The average molecular weight is 490 g/mol. The van der Waals surface area contributed by atoms with Gasteiger partial charge in [0, 0.05) is 31.4 Å². The van der Waals surface area contributed by atoms with Crippen LogP contribution < -0.4 is 21.3 Å². The fourth-order valence-corrected chi connectivity index (χ4v) is 3.80. The zero-order chi connectivity index (χ0) is 25.9. The van der Waals surface area contributed by atoms with Crippen LogP contribution in [0.5, 0.6) is 0 Å². The van der Waals surface area contributed by atoms with Crippen LogP contribution in [0.15, 0.2) is 48.9 Å². The topological polar surface area (TPSA) is 126 Å². The summed E-state index contributed by atoms with van der Waals surface area (Å²) < 4.78 is 0. The second-order valence-corrected chi connectivity index (χ2v) is 9.02. The van der Waals surface area contributed by atoms with E-state index in [2.05, 4.69) is 51.3 Å². The molecule has 9 nitrogen and oxygen atoms in total. The monoisotopic (exact) mass is 489 g/mol. The number of benzene rings is 1. The van der Waals surface area contributed by atoms with Crippen molar-refractivity contribution in [1.82, 2.24) is 20.3 Å². The maximum Gasteiger partial charge on any atom is 0.278 e. The van der Waals surface area contributed by atoms with Crippen LogP contribution >= 0.6 is 0 Å². The molecule has 3 rings (SSSR count). The molecule has 36 heavy (non-hydrogen) atoms. The van der Waals surface area contributed by atoms with Crippen LogP contribution in [0.2, 0.25) is 0 Å². The van der Waals surface area contributed by atoms with Gasteiger partial charge in [-0.05, 0) is 36.8 Å². The standard InChI is InChI=1S/C27H35N7O2/c1-4-14-34(15-11-19(2)3)24-10-13-29-16-23(24)33-27(36)25-26(28)31-17-22(32-25)21-7-5-20(6-8-21)9-12-30-18-35/h5-8,10,13,16-19H,4,9,11-12,14-15H2,1-3H3,(H2,28,31)(H,30,35)(H,33,36). The first kappa shape index (κ1) is 26.6. The van der Waals surface area contributed by atoms with E-state index in [0.717, 1.165) is 49.2 Å². The van der Waals surface area contributed by atoms with Crippen molar-refractivity contribution in [3.05, 3.63) is 60.2 Å². The highest BCUT2D eigenvalue weighted by molar-refractivity contribution is 6.07. The van der Waals surface area contributed by atoms with Crippen LogP contribution in [0.1, 0.15) is 49.7 Å². The van der Waals surface area contributed by atoms with Gasteiger partial charge in [0.1, 0.15) is 0 Å². The predicted octanol–water partition coefficient (Wildman–Crippen LogP) is 3.92. The first-order valence-corrected chi connectivity index (χ1v) is 12.3. The highest BCUT2D eigenvalue weighted by atomic mass is 16.2. The van der Waals surface area contributed by atoms with E-state index in [9.17, 15) is 9.59 Å². The Balaban J connectivity index is 1.81. The molecule has 0 saturated carbocycles. The minimum atomic E-state index is -0.437. The Kier molecular flexibility index (Phi) is 9.73. The van der Waals surface area contributed by atoms with Gasteiger partial charge in [0.05, 0.1) is 29.5 Å². The van der Waals surface area contributed by atoms with Crippen molar-refractivity contribution >= 4 is 29.5 Å². The molecular formula is C27H35N7O2. The summed E-state index contributed by atoms with van der Waals surface area (Å²) in [7, 11) is 0. The fourth-order valence-electron chi connectivity index (χ4n) is 3.80. The van der Waals surface area contributed by atoms with Crippen LogP contribution in [-0.2, 0) is 11.2 Å². The third-order valence-electron chi connectivity index (χ3n) is 5.76. The number of hydrogen-bond donors (Lipinski definition) is 3. The molecule has 0 atom stereocenters. The predicted molar refractivity (Wildman–Crippen MR) is 144 cm³/mol. The van der Waals surface area contributed by atoms with Crippen molar-refractivity contribution in [2.45, 2.75) is 40.0 Å². The van der Waals surface area contributed by atoms with Crippen LogP contribution in [-0.4, -0.2) is 46.9 Å². The van der Waals surface area contributed by atoms with Crippen molar-refractivity contribution in [3.63, 3.8) is 0 Å². The summed E-state index contributed by atoms with van der Waals surface area (Å²) in [5, 5.41) is 5.60. The number of nitrogens with one attached hydrogen (secondary N) is 2. The van der Waals surface area contributed by atoms with E-state index in [1.54, 1.807) is 18.6 Å². The summed E-state index contributed by atoms with van der Waals surface area (Å²) in [4.78, 5) is 38.9. The van der Waals surface area contributed by atoms with E-state index in [1.165, 1.54) is 0 Å². The molecule has 0 aliphatic carbocycles. The molecule has 0 aliphatic rings. The molecule has 0 aliphatic heterocycles. The van der Waals surface area contributed by atoms with E-state index >= 15 is 0 Å². The van der Waals surface area contributed by atoms with Gasteiger partial charge >= 0.3 is 0 Å². The van der Waals surface area contributed by atoms with Crippen LogP contribution in [0.25, 0.3) is 11.3 Å². The van der Waals surface area contributed by atoms with E-state index in [-0.39, 0.29) is 11.5 Å². The second-order valence-electron chi connectivity index (χ2n) is 9.02. The quantitative estimate of drug-likeness (QED) is 0.245. The van der Waals surface area contributed by atoms with Gasteiger partial charge in [-0.3, -0.25) is 14.6 Å². The van der Waals surface area contributed by atoms with E-state index in [1.807, 2.05) is 30.3 Å². The molecule has 2 amide bonds. The van der Waals surface area contributed by atoms with Gasteiger partial charge in [-0.15, -0.1) is 0 Å². The second kappa shape index (κ2) is 13.2. The van der Waals surface area contributed by atoms with Crippen molar-refractivity contribution in [2.24, 2.45) is 5.92 Å². The highest BCUT2D eigenvalue weighted by Crippen LogP contribution is 2.27. The number of aromatic nitrogens is 3.